The lowest BCUT2D eigenvalue weighted by Gasteiger charge is -2.23. The number of ether oxygens (including phenoxy) is 3. The zero-order valence-corrected chi connectivity index (χ0v) is 25.3. The molecular weight excluding hydrogens is 603 g/mol. The minimum absolute atomic E-state index is 0.00261. The molecule has 2 aromatic carbocycles. The van der Waals surface area contributed by atoms with Crippen LogP contribution in [-0.4, -0.2) is 77.9 Å². The molecule has 1 saturated carbocycles. The summed E-state index contributed by atoms with van der Waals surface area (Å²) in [7, 11) is 0. The van der Waals surface area contributed by atoms with Crippen molar-refractivity contribution in [1.82, 2.24) is 25.2 Å². The Kier molecular flexibility index (Phi) is 9.15. The molecule has 2 fully saturated rings. The SMILES string of the molecule is C=C1COc2ccc(cc2)CNc2nc(nc(OCC(F)(F)F)n2)Nc2ccc(C(=O)NCC3(CN4CCCC4)CC3)c(c2)OC1. The van der Waals surface area contributed by atoms with Gasteiger partial charge in [0.15, 0.2) is 6.61 Å². The molecule has 0 spiro atoms. The zero-order valence-electron chi connectivity index (χ0n) is 25.3. The molecule has 3 N–H and O–H groups in total. The first-order valence-corrected chi connectivity index (χ1v) is 15.2. The highest BCUT2D eigenvalue weighted by atomic mass is 19.4. The molecule has 1 aromatic heterocycles. The number of rotatable bonds is 7. The first-order chi connectivity index (χ1) is 22.1. The number of hydrogen-bond acceptors (Lipinski definition) is 10. The second-order valence-electron chi connectivity index (χ2n) is 12.0. The number of nitrogens with one attached hydrogen (secondary N) is 3. The Bertz CT molecular complexity index is 1560. The van der Waals surface area contributed by atoms with E-state index in [0.717, 1.165) is 38.0 Å². The van der Waals surface area contributed by atoms with Gasteiger partial charge in [0.1, 0.15) is 24.7 Å². The number of likely N-dealkylation sites (tertiary alicyclic amines) is 1. The summed E-state index contributed by atoms with van der Waals surface area (Å²) < 4.78 is 55.5. The maximum atomic E-state index is 13.5. The summed E-state index contributed by atoms with van der Waals surface area (Å²) in [4.78, 5) is 28.3. The number of carbonyl (C=O) groups excluding carboxylic acids is 1. The van der Waals surface area contributed by atoms with E-state index in [2.05, 4.69) is 42.4 Å². The molecule has 0 unspecified atom stereocenters. The summed E-state index contributed by atoms with van der Waals surface area (Å²) in [5.74, 6) is 0.560. The van der Waals surface area contributed by atoms with E-state index in [1.807, 2.05) is 12.1 Å². The van der Waals surface area contributed by atoms with E-state index in [0.29, 0.717) is 29.1 Å². The summed E-state index contributed by atoms with van der Waals surface area (Å²) in [6, 6.07) is 11.6. The normalized spacial score (nSPS) is 17.8. The number of fused-ring (bicyclic) bond motifs is 7. The molecule has 6 bridgehead atoms. The lowest BCUT2D eigenvalue weighted by Crippen LogP contribution is -2.37. The van der Waals surface area contributed by atoms with Crippen molar-refractivity contribution < 1.29 is 32.2 Å². The van der Waals surface area contributed by atoms with Crippen LogP contribution in [0.4, 0.5) is 30.8 Å². The molecule has 3 aliphatic heterocycles. The molecule has 244 valence electrons. The molecule has 14 heteroatoms. The number of benzene rings is 2. The Morgan fingerprint density at radius 3 is 2.50 bits per heavy atom. The van der Waals surface area contributed by atoms with Crippen LogP contribution in [0.3, 0.4) is 0 Å². The molecule has 3 aromatic rings. The van der Waals surface area contributed by atoms with Gasteiger partial charge in [-0.15, -0.1) is 0 Å². The van der Waals surface area contributed by atoms with Crippen LogP contribution in [0, 0.1) is 5.41 Å². The van der Waals surface area contributed by atoms with Gasteiger partial charge >= 0.3 is 12.2 Å². The standard InChI is InChI=1S/C32H36F3N7O4/c1-21-16-44-24-7-4-22(5-8-24)15-36-28-39-29(41-30(40-28)46-20-32(33,34)35)38-23-6-9-25(26(14-23)45-17-21)27(43)37-18-31(10-11-31)19-42-12-2-3-13-42/h4-9,14H,1-3,10-13,15-20H2,(H,37,43)(H2,36,38,39,40,41). The summed E-state index contributed by atoms with van der Waals surface area (Å²) >= 11 is 0. The fraction of sp³-hybridized carbons (Fsp3) is 0.438. The van der Waals surface area contributed by atoms with Gasteiger partial charge in [0, 0.05) is 36.8 Å². The van der Waals surface area contributed by atoms with Gasteiger partial charge in [-0.05, 0) is 74.2 Å². The van der Waals surface area contributed by atoms with Crippen LogP contribution >= 0.6 is 0 Å². The van der Waals surface area contributed by atoms with Crippen molar-refractivity contribution in [1.29, 1.82) is 0 Å². The molecule has 46 heavy (non-hydrogen) atoms. The van der Waals surface area contributed by atoms with Gasteiger partial charge < -0.3 is 35.1 Å². The minimum atomic E-state index is -4.58. The number of amides is 1. The minimum Gasteiger partial charge on any atom is -0.489 e. The number of aromatic nitrogens is 3. The molecule has 11 nitrogen and oxygen atoms in total. The quantitative estimate of drug-likeness (QED) is 0.301. The average molecular weight is 640 g/mol. The summed E-state index contributed by atoms with van der Waals surface area (Å²) in [6.45, 7) is 6.82. The van der Waals surface area contributed by atoms with E-state index in [4.69, 9.17) is 14.2 Å². The largest absolute Gasteiger partial charge is 0.489 e. The number of halogens is 3. The highest BCUT2D eigenvalue weighted by molar-refractivity contribution is 5.97. The predicted octanol–water partition coefficient (Wildman–Crippen LogP) is 5.10. The van der Waals surface area contributed by atoms with Gasteiger partial charge in [-0.25, -0.2) is 0 Å². The average Bonchev–Trinajstić information content (AvgIpc) is 3.60. The lowest BCUT2D eigenvalue weighted by molar-refractivity contribution is -0.154. The van der Waals surface area contributed by atoms with Gasteiger partial charge in [0.05, 0.1) is 5.56 Å². The zero-order chi connectivity index (χ0) is 32.1. The third-order valence-electron chi connectivity index (χ3n) is 8.05. The number of alkyl halides is 3. The summed E-state index contributed by atoms with van der Waals surface area (Å²) in [5.41, 5.74) is 2.35. The molecule has 4 aliphatic rings. The van der Waals surface area contributed by atoms with Crippen molar-refractivity contribution in [3.8, 4) is 17.5 Å². The number of carbonyl (C=O) groups is 1. The van der Waals surface area contributed by atoms with Gasteiger partial charge in [-0.2, -0.15) is 28.1 Å². The van der Waals surface area contributed by atoms with E-state index in [-0.39, 0.29) is 48.7 Å². The third kappa shape index (κ3) is 8.56. The van der Waals surface area contributed by atoms with Crippen LogP contribution < -0.4 is 30.2 Å². The van der Waals surface area contributed by atoms with E-state index >= 15 is 0 Å². The Balaban J connectivity index is 1.25. The first kappa shape index (κ1) is 31.4. The van der Waals surface area contributed by atoms with Crippen LogP contribution in [0.15, 0.2) is 54.6 Å². The summed E-state index contributed by atoms with van der Waals surface area (Å²) in [5, 5.41) is 9.08. The summed E-state index contributed by atoms with van der Waals surface area (Å²) in [6.07, 6.45) is 0.0152. The number of hydrogen-bond donors (Lipinski definition) is 3. The Labute approximate surface area is 264 Å². The molecule has 1 saturated heterocycles. The van der Waals surface area contributed by atoms with Gasteiger partial charge in [0.2, 0.25) is 11.9 Å². The fourth-order valence-corrected chi connectivity index (χ4v) is 5.38. The van der Waals surface area contributed by atoms with Crippen molar-refractivity contribution in [3.63, 3.8) is 0 Å². The van der Waals surface area contributed by atoms with Crippen molar-refractivity contribution in [3.05, 3.63) is 65.7 Å². The maximum absolute atomic E-state index is 13.5. The smallest absolute Gasteiger partial charge is 0.422 e. The fourth-order valence-electron chi connectivity index (χ4n) is 5.38. The van der Waals surface area contributed by atoms with E-state index in [1.165, 1.54) is 12.8 Å². The Hall–Kier alpha value is -4.59. The predicted molar refractivity (Wildman–Crippen MR) is 165 cm³/mol. The molecular formula is C32H36F3N7O4. The highest BCUT2D eigenvalue weighted by Gasteiger charge is 2.44. The van der Waals surface area contributed by atoms with Gasteiger partial charge in [-0.3, -0.25) is 4.79 Å². The Morgan fingerprint density at radius 2 is 1.76 bits per heavy atom. The van der Waals surface area contributed by atoms with Crippen LogP contribution in [0.2, 0.25) is 0 Å². The van der Waals surface area contributed by atoms with Gasteiger partial charge in [-0.1, -0.05) is 18.7 Å². The molecule has 7 rings (SSSR count). The third-order valence-corrected chi connectivity index (χ3v) is 8.05. The molecule has 1 amide bonds. The lowest BCUT2D eigenvalue weighted by atomic mass is 10.1. The molecule has 0 atom stereocenters. The van der Waals surface area contributed by atoms with Crippen LogP contribution in [0.1, 0.15) is 41.6 Å². The van der Waals surface area contributed by atoms with E-state index < -0.39 is 18.8 Å². The van der Waals surface area contributed by atoms with Crippen molar-refractivity contribution in [2.45, 2.75) is 38.4 Å². The molecule has 0 radical (unpaired) electrons. The number of nitrogens with zero attached hydrogens (tertiary/aromatic N) is 4. The topological polar surface area (TPSA) is 123 Å². The highest BCUT2D eigenvalue weighted by Crippen LogP contribution is 2.46. The maximum Gasteiger partial charge on any atom is 0.422 e. The number of anilines is 3. The molecule has 1 aliphatic carbocycles. The Morgan fingerprint density at radius 1 is 1.02 bits per heavy atom. The van der Waals surface area contributed by atoms with Crippen molar-refractivity contribution in [2.75, 3.05) is 56.6 Å². The van der Waals surface area contributed by atoms with Crippen molar-refractivity contribution in [2.24, 2.45) is 5.41 Å². The second kappa shape index (κ2) is 13.4. The van der Waals surface area contributed by atoms with Gasteiger partial charge in [0.25, 0.3) is 5.91 Å². The van der Waals surface area contributed by atoms with E-state index in [9.17, 15) is 18.0 Å². The van der Waals surface area contributed by atoms with Crippen LogP contribution in [-0.2, 0) is 6.54 Å². The first-order valence-electron chi connectivity index (χ1n) is 15.2. The van der Waals surface area contributed by atoms with Crippen LogP contribution in [0.5, 0.6) is 17.5 Å². The van der Waals surface area contributed by atoms with Crippen molar-refractivity contribution >= 4 is 23.5 Å². The second-order valence-corrected chi connectivity index (χ2v) is 12.0. The molecule has 4 heterocycles. The van der Waals surface area contributed by atoms with Crippen LogP contribution in [0.25, 0.3) is 0 Å². The van der Waals surface area contributed by atoms with E-state index in [1.54, 1.807) is 30.3 Å². The monoisotopic (exact) mass is 639 g/mol.